The predicted molar refractivity (Wildman–Crippen MR) is 105 cm³/mol. The van der Waals surface area contributed by atoms with Crippen LogP contribution >= 0.6 is 11.8 Å². The number of carbonyl (C=O) groups is 1. The summed E-state index contributed by atoms with van der Waals surface area (Å²) in [6.07, 6.45) is 0. The van der Waals surface area contributed by atoms with Crippen molar-refractivity contribution >= 4 is 29.0 Å². The zero-order chi connectivity index (χ0) is 20.8. The first-order valence-corrected chi connectivity index (χ1v) is 9.19. The van der Waals surface area contributed by atoms with Gasteiger partial charge in [-0.05, 0) is 28.6 Å². The first-order valence-electron chi connectivity index (χ1n) is 8.20. The minimum absolute atomic E-state index is 0.0568. The van der Waals surface area contributed by atoms with Crippen LogP contribution in [0, 0.1) is 10.1 Å². The number of hydrogen-bond acceptors (Lipinski definition) is 9. The minimum Gasteiger partial charge on any atom is -0.497 e. The molecule has 0 bridgehead atoms. The van der Waals surface area contributed by atoms with Crippen LogP contribution < -0.4 is 14.8 Å². The highest BCUT2D eigenvalue weighted by Gasteiger charge is 2.18. The number of para-hydroxylation sites is 2. The van der Waals surface area contributed by atoms with E-state index in [1.54, 1.807) is 24.3 Å². The number of tetrazole rings is 1. The molecular formula is C17H16N6O5S. The van der Waals surface area contributed by atoms with Crippen LogP contribution in [0.3, 0.4) is 0 Å². The van der Waals surface area contributed by atoms with E-state index >= 15 is 0 Å². The van der Waals surface area contributed by atoms with Crippen LogP contribution in [0.4, 0.5) is 11.4 Å². The van der Waals surface area contributed by atoms with E-state index in [1.807, 2.05) is 0 Å². The number of aromatic nitrogens is 4. The number of carbonyl (C=O) groups excluding carboxylic acids is 1. The lowest BCUT2D eigenvalue weighted by molar-refractivity contribution is -0.383. The molecular weight excluding hydrogens is 400 g/mol. The van der Waals surface area contributed by atoms with Crippen LogP contribution in [-0.4, -0.2) is 51.0 Å². The summed E-state index contributed by atoms with van der Waals surface area (Å²) >= 11 is 1.07. The predicted octanol–water partition coefficient (Wildman–Crippen LogP) is 2.32. The number of nitro groups is 1. The van der Waals surface area contributed by atoms with Crippen molar-refractivity contribution in [3.63, 3.8) is 0 Å². The topological polar surface area (TPSA) is 134 Å². The fourth-order valence-corrected chi connectivity index (χ4v) is 3.12. The molecule has 1 amide bonds. The number of hydrogen-bond donors (Lipinski definition) is 1. The molecule has 0 saturated carbocycles. The van der Waals surface area contributed by atoms with Gasteiger partial charge in [0.15, 0.2) is 0 Å². The molecule has 11 nitrogen and oxygen atoms in total. The summed E-state index contributed by atoms with van der Waals surface area (Å²) in [5.41, 5.74) is 0.479. The number of thioether (sulfide) groups is 1. The lowest BCUT2D eigenvalue weighted by atomic mass is 10.2. The maximum atomic E-state index is 12.3. The zero-order valence-electron chi connectivity index (χ0n) is 15.4. The van der Waals surface area contributed by atoms with Gasteiger partial charge < -0.3 is 14.8 Å². The van der Waals surface area contributed by atoms with E-state index in [0.29, 0.717) is 22.3 Å². The molecule has 1 heterocycles. The van der Waals surface area contributed by atoms with Crippen LogP contribution in [-0.2, 0) is 4.79 Å². The van der Waals surface area contributed by atoms with Gasteiger partial charge in [0.25, 0.3) is 5.69 Å². The molecule has 12 heteroatoms. The fraction of sp³-hybridized carbons (Fsp3) is 0.176. The molecule has 1 N–H and O–H groups in total. The summed E-state index contributed by atoms with van der Waals surface area (Å²) in [6, 6.07) is 11.1. The van der Waals surface area contributed by atoms with Gasteiger partial charge in [-0.25, -0.2) is 0 Å². The van der Waals surface area contributed by atoms with Crippen molar-refractivity contribution in [1.82, 2.24) is 20.2 Å². The van der Waals surface area contributed by atoms with Gasteiger partial charge in [0.05, 0.1) is 24.9 Å². The molecule has 0 fully saturated rings. The molecule has 0 radical (unpaired) electrons. The molecule has 0 aliphatic heterocycles. The Hall–Kier alpha value is -3.67. The van der Waals surface area contributed by atoms with Crippen molar-refractivity contribution in [3.8, 4) is 17.2 Å². The van der Waals surface area contributed by atoms with Gasteiger partial charge in [-0.15, -0.1) is 5.10 Å². The van der Waals surface area contributed by atoms with Gasteiger partial charge in [0, 0.05) is 12.1 Å². The standard InChI is InChI=1S/C17H16N6O5S/c1-27-11-7-8-15(28-2)14(9-11)22-17(19-20-21-22)29-10-16(24)18-12-5-3-4-6-13(12)23(25)26/h3-9H,10H2,1-2H3,(H,18,24). The average Bonchev–Trinajstić information content (AvgIpc) is 3.20. The molecule has 2 aromatic carbocycles. The second kappa shape index (κ2) is 9.01. The van der Waals surface area contributed by atoms with Crippen LogP contribution in [0.2, 0.25) is 0 Å². The summed E-state index contributed by atoms with van der Waals surface area (Å²) in [5.74, 6) is 0.612. The molecule has 150 valence electrons. The Morgan fingerprint density at radius 1 is 1.24 bits per heavy atom. The molecule has 0 aliphatic rings. The van der Waals surface area contributed by atoms with Crippen LogP contribution in [0.25, 0.3) is 5.69 Å². The third-order valence-electron chi connectivity index (χ3n) is 3.76. The quantitative estimate of drug-likeness (QED) is 0.333. The van der Waals surface area contributed by atoms with Gasteiger partial charge in [-0.1, -0.05) is 23.9 Å². The summed E-state index contributed by atoms with van der Waals surface area (Å²) in [7, 11) is 3.05. The SMILES string of the molecule is COc1ccc(OC)c(-n2nnnc2SCC(=O)Nc2ccccc2[N+](=O)[O-])c1. The van der Waals surface area contributed by atoms with Crippen molar-refractivity contribution in [1.29, 1.82) is 0 Å². The smallest absolute Gasteiger partial charge is 0.292 e. The van der Waals surface area contributed by atoms with Crippen LogP contribution in [0.15, 0.2) is 47.6 Å². The summed E-state index contributed by atoms with van der Waals surface area (Å²) < 4.78 is 12.0. The van der Waals surface area contributed by atoms with E-state index in [0.717, 1.165) is 11.8 Å². The lowest BCUT2D eigenvalue weighted by Gasteiger charge is -2.11. The summed E-state index contributed by atoms with van der Waals surface area (Å²) in [5, 5.41) is 25.5. The highest BCUT2D eigenvalue weighted by atomic mass is 32.2. The summed E-state index contributed by atoms with van der Waals surface area (Å²) in [6.45, 7) is 0. The van der Waals surface area contributed by atoms with Crippen molar-refractivity contribution in [2.24, 2.45) is 0 Å². The number of amides is 1. The zero-order valence-corrected chi connectivity index (χ0v) is 16.3. The Balaban J connectivity index is 1.75. The van der Waals surface area contributed by atoms with E-state index in [9.17, 15) is 14.9 Å². The Kier molecular flexibility index (Phi) is 6.24. The average molecular weight is 416 g/mol. The Bertz CT molecular complexity index is 1040. The fourth-order valence-electron chi connectivity index (χ4n) is 2.44. The molecule has 0 unspecified atom stereocenters. The van der Waals surface area contributed by atoms with Crippen molar-refractivity contribution < 1.29 is 19.2 Å². The van der Waals surface area contributed by atoms with E-state index in [-0.39, 0.29) is 17.1 Å². The number of nitrogens with one attached hydrogen (secondary N) is 1. The highest BCUT2D eigenvalue weighted by Crippen LogP contribution is 2.30. The molecule has 29 heavy (non-hydrogen) atoms. The second-order valence-corrected chi connectivity index (χ2v) is 6.46. The summed E-state index contributed by atoms with van der Waals surface area (Å²) in [4.78, 5) is 22.8. The van der Waals surface area contributed by atoms with Gasteiger partial charge >= 0.3 is 0 Å². The Labute approximate surface area is 169 Å². The number of ether oxygens (including phenoxy) is 2. The Morgan fingerprint density at radius 2 is 2.03 bits per heavy atom. The molecule has 0 aliphatic carbocycles. The van der Waals surface area contributed by atoms with Gasteiger partial charge in [-0.3, -0.25) is 14.9 Å². The third-order valence-corrected chi connectivity index (χ3v) is 4.68. The molecule has 0 saturated heterocycles. The number of methoxy groups -OCH3 is 2. The monoisotopic (exact) mass is 416 g/mol. The van der Waals surface area contributed by atoms with Crippen LogP contribution in [0.5, 0.6) is 11.5 Å². The van der Waals surface area contributed by atoms with Crippen molar-refractivity contribution in [2.45, 2.75) is 5.16 Å². The molecule has 1 aromatic heterocycles. The van der Waals surface area contributed by atoms with Gasteiger partial charge in [-0.2, -0.15) is 4.68 Å². The normalized spacial score (nSPS) is 10.4. The number of benzene rings is 2. The molecule has 3 aromatic rings. The molecule has 0 atom stereocenters. The largest absolute Gasteiger partial charge is 0.497 e. The van der Waals surface area contributed by atoms with Gasteiger partial charge in [0.2, 0.25) is 11.1 Å². The van der Waals surface area contributed by atoms with E-state index in [4.69, 9.17) is 9.47 Å². The van der Waals surface area contributed by atoms with Crippen molar-refractivity contribution in [3.05, 3.63) is 52.6 Å². The van der Waals surface area contributed by atoms with E-state index in [2.05, 4.69) is 20.8 Å². The van der Waals surface area contributed by atoms with E-state index < -0.39 is 10.8 Å². The maximum Gasteiger partial charge on any atom is 0.292 e. The highest BCUT2D eigenvalue weighted by molar-refractivity contribution is 7.99. The third kappa shape index (κ3) is 4.60. The van der Waals surface area contributed by atoms with E-state index in [1.165, 1.54) is 37.1 Å². The van der Waals surface area contributed by atoms with Crippen molar-refractivity contribution in [2.75, 3.05) is 25.3 Å². The van der Waals surface area contributed by atoms with Gasteiger partial charge in [0.1, 0.15) is 22.9 Å². The minimum atomic E-state index is -0.557. The molecule has 0 spiro atoms. The Morgan fingerprint density at radius 3 is 2.76 bits per heavy atom. The number of nitro benzene ring substituents is 1. The number of rotatable bonds is 8. The number of nitrogens with zero attached hydrogens (tertiary/aromatic N) is 5. The lowest BCUT2D eigenvalue weighted by Crippen LogP contribution is -2.15. The first kappa shape index (κ1) is 20.1. The molecule has 3 rings (SSSR count). The second-order valence-electron chi connectivity index (χ2n) is 5.52. The number of anilines is 1. The first-order chi connectivity index (χ1) is 14.0. The van der Waals surface area contributed by atoms with Crippen LogP contribution in [0.1, 0.15) is 0 Å². The maximum absolute atomic E-state index is 12.3.